The Hall–Kier alpha value is -2.54. The van der Waals surface area contributed by atoms with Crippen molar-refractivity contribution < 1.29 is 4.79 Å². The lowest BCUT2D eigenvalue weighted by atomic mass is 9.96. The van der Waals surface area contributed by atoms with Crippen LogP contribution in [-0.2, 0) is 17.8 Å². The van der Waals surface area contributed by atoms with Gasteiger partial charge in [-0.15, -0.1) is 0 Å². The van der Waals surface area contributed by atoms with Crippen LogP contribution in [0.5, 0.6) is 0 Å². The summed E-state index contributed by atoms with van der Waals surface area (Å²) in [6, 6.07) is 6.08. The Bertz CT molecular complexity index is 914. The van der Waals surface area contributed by atoms with Crippen molar-refractivity contribution in [1.29, 1.82) is 0 Å². The monoisotopic (exact) mass is 436 g/mol. The lowest BCUT2D eigenvalue weighted by molar-refractivity contribution is -0.132. The number of piperidine rings is 1. The number of anilines is 1. The highest BCUT2D eigenvalue weighted by Crippen LogP contribution is 2.32. The van der Waals surface area contributed by atoms with Crippen molar-refractivity contribution in [3.8, 4) is 0 Å². The Morgan fingerprint density at radius 3 is 2.75 bits per heavy atom. The number of carbonyl (C=O) groups is 1. The van der Waals surface area contributed by atoms with Gasteiger partial charge < -0.3 is 9.80 Å². The van der Waals surface area contributed by atoms with Crippen LogP contribution in [0.4, 0.5) is 5.82 Å². The minimum Gasteiger partial charge on any atom is -0.350 e. The molecule has 1 fully saturated rings. The van der Waals surface area contributed by atoms with Gasteiger partial charge in [-0.1, -0.05) is 6.07 Å². The highest BCUT2D eigenvalue weighted by molar-refractivity contribution is 5.78. The van der Waals surface area contributed by atoms with Crippen LogP contribution >= 0.6 is 0 Å². The molecule has 4 rings (SSSR count). The first-order chi connectivity index (χ1) is 15.6. The van der Waals surface area contributed by atoms with Crippen LogP contribution in [0.25, 0.3) is 0 Å². The molecule has 1 amide bonds. The van der Waals surface area contributed by atoms with E-state index >= 15 is 0 Å². The van der Waals surface area contributed by atoms with Gasteiger partial charge in [-0.25, -0.2) is 9.97 Å². The molecule has 2 aromatic heterocycles. The zero-order valence-electron chi connectivity index (χ0n) is 19.8. The van der Waals surface area contributed by atoms with Crippen molar-refractivity contribution in [3.63, 3.8) is 0 Å². The number of pyridine rings is 1. The lowest BCUT2D eigenvalue weighted by Gasteiger charge is -2.35. The third-order valence-electron chi connectivity index (χ3n) is 6.79. The molecule has 0 aromatic carbocycles. The molecule has 1 saturated heterocycles. The maximum atomic E-state index is 12.6. The molecule has 2 aliphatic heterocycles. The molecule has 4 heterocycles. The Balaban J connectivity index is 1.52. The third kappa shape index (κ3) is 5.09. The predicted octanol–water partition coefficient (Wildman–Crippen LogP) is 3.18. The number of rotatable bonds is 7. The molecule has 0 N–H and O–H groups in total. The topological polar surface area (TPSA) is 65.5 Å². The van der Waals surface area contributed by atoms with Crippen LogP contribution in [0.15, 0.2) is 24.4 Å². The van der Waals surface area contributed by atoms with Gasteiger partial charge in [0.2, 0.25) is 5.91 Å². The highest BCUT2D eigenvalue weighted by atomic mass is 16.2. The van der Waals surface area contributed by atoms with Gasteiger partial charge in [0.05, 0.1) is 18.8 Å². The quantitative estimate of drug-likeness (QED) is 0.664. The number of nitrogens with zero attached hydrogens (tertiary/aromatic N) is 6. The fraction of sp³-hybridized carbons (Fsp3) is 0.600. The first-order valence-electron chi connectivity index (χ1n) is 12.1. The SMILES string of the molecule is CCN(CC)C(=O)CN1CCC[C@H](c2nc(C)c3c(n2)N(Cc2ccccn2)CCC3)C1. The summed E-state index contributed by atoms with van der Waals surface area (Å²) >= 11 is 0. The van der Waals surface area contributed by atoms with Crippen molar-refractivity contribution in [2.75, 3.05) is 44.2 Å². The molecule has 0 radical (unpaired) electrons. The summed E-state index contributed by atoms with van der Waals surface area (Å²) in [5.74, 6) is 2.52. The average Bonchev–Trinajstić information content (AvgIpc) is 2.81. The second kappa shape index (κ2) is 10.4. The van der Waals surface area contributed by atoms with Gasteiger partial charge in [-0.2, -0.15) is 0 Å². The van der Waals surface area contributed by atoms with E-state index < -0.39 is 0 Å². The summed E-state index contributed by atoms with van der Waals surface area (Å²) in [6.45, 7) is 11.8. The number of hydrogen-bond donors (Lipinski definition) is 0. The van der Waals surface area contributed by atoms with Crippen molar-refractivity contribution in [2.24, 2.45) is 0 Å². The first kappa shape index (κ1) is 22.6. The summed E-state index contributed by atoms with van der Waals surface area (Å²) in [4.78, 5) is 33.8. The van der Waals surface area contributed by atoms with Crippen molar-refractivity contribution in [1.82, 2.24) is 24.8 Å². The van der Waals surface area contributed by atoms with Crippen LogP contribution < -0.4 is 4.90 Å². The van der Waals surface area contributed by atoms with E-state index in [1.807, 2.05) is 37.1 Å². The number of fused-ring (bicyclic) bond motifs is 1. The Morgan fingerprint density at radius 2 is 2.00 bits per heavy atom. The molecule has 2 aromatic rings. The van der Waals surface area contributed by atoms with Crippen molar-refractivity contribution in [3.05, 3.63) is 47.2 Å². The Kier molecular flexibility index (Phi) is 7.35. The minimum absolute atomic E-state index is 0.222. The number of amides is 1. The third-order valence-corrected chi connectivity index (χ3v) is 6.79. The molecule has 172 valence electrons. The van der Waals surface area contributed by atoms with Gasteiger partial charge in [0, 0.05) is 49.6 Å². The smallest absolute Gasteiger partial charge is 0.236 e. The normalized spacial score (nSPS) is 19.0. The van der Waals surface area contributed by atoms with E-state index in [9.17, 15) is 4.79 Å². The molecule has 1 atom stereocenters. The number of aryl methyl sites for hydroxylation is 1. The largest absolute Gasteiger partial charge is 0.350 e. The minimum atomic E-state index is 0.222. The van der Waals surface area contributed by atoms with Gasteiger partial charge in [0.25, 0.3) is 0 Å². The molecule has 0 spiro atoms. The van der Waals surface area contributed by atoms with E-state index in [2.05, 4.69) is 27.8 Å². The average molecular weight is 437 g/mol. The molecule has 0 aliphatic carbocycles. The van der Waals surface area contributed by atoms with E-state index in [1.54, 1.807) is 0 Å². The molecule has 0 unspecified atom stereocenters. The highest BCUT2D eigenvalue weighted by Gasteiger charge is 2.29. The summed E-state index contributed by atoms with van der Waals surface area (Å²) in [7, 11) is 0. The van der Waals surface area contributed by atoms with Gasteiger partial charge in [0.15, 0.2) is 0 Å². The maximum Gasteiger partial charge on any atom is 0.236 e. The Morgan fingerprint density at radius 1 is 1.16 bits per heavy atom. The fourth-order valence-electron chi connectivity index (χ4n) is 5.01. The van der Waals surface area contributed by atoms with E-state index in [4.69, 9.17) is 9.97 Å². The van der Waals surface area contributed by atoms with Gasteiger partial charge in [0.1, 0.15) is 11.6 Å². The lowest BCUT2D eigenvalue weighted by Crippen LogP contribution is -2.44. The van der Waals surface area contributed by atoms with Crippen LogP contribution in [-0.4, -0.2) is 69.9 Å². The van der Waals surface area contributed by atoms with E-state index in [-0.39, 0.29) is 11.8 Å². The number of likely N-dealkylation sites (tertiary alicyclic amines) is 1. The summed E-state index contributed by atoms with van der Waals surface area (Å²) in [6.07, 6.45) is 6.16. The second-order valence-corrected chi connectivity index (χ2v) is 8.96. The van der Waals surface area contributed by atoms with Crippen molar-refractivity contribution >= 4 is 11.7 Å². The molecule has 7 nitrogen and oxygen atoms in total. The molecule has 32 heavy (non-hydrogen) atoms. The van der Waals surface area contributed by atoms with Gasteiger partial charge in [-0.3, -0.25) is 14.7 Å². The van der Waals surface area contributed by atoms with Crippen LogP contribution in [0.2, 0.25) is 0 Å². The maximum absolute atomic E-state index is 12.6. The number of likely N-dealkylation sites (N-methyl/N-ethyl adjacent to an activating group) is 1. The number of carbonyl (C=O) groups excluding carboxylic acids is 1. The number of aromatic nitrogens is 3. The zero-order chi connectivity index (χ0) is 22.5. The van der Waals surface area contributed by atoms with E-state index in [0.717, 1.165) is 88.0 Å². The summed E-state index contributed by atoms with van der Waals surface area (Å²) < 4.78 is 0. The molecular formula is C25H36N6O. The van der Waals surface area contributed by atoms with Crippen LogP contribution in [0, 0.1) is 6.92 Å². The van der Waals surface area contributed by atoms with E-state index in [0.29, 0.717) is 6.54 Å². The first-order valence-corrected chi connectivity index (χ1v) is 12.1. The van der Waals surface area contributed by atoms with E-state index in [1.165, 1.54) is 5.56 Å². The van der Waals surface area contributed by atoms with Crippen molar-refractivity contribution in [2.45, 2.75) is 58.9 Å². The zero-order valence-corrected chi connectivity index (χ0v) is 19.8. The molecule has 0 bridgehead atoms. The second-order valence-electron chi connectivity index (χ2n) is 8.96. The number of hydrogen-bond acceptors (Lipinski definition) is 6. The Labute approximate surface area is 191 Å². The molecule has 0 saturated carbocycles. The standard InChI is InChI=1S/C25H36N6O/c1-4-30(5-2)23(32)18-29-14-8-10-20(16-29)24-27-19(3)22-12-9-15-31(25(22)28-24)17-21-11-6-7-13-26-21/h6-7,11,13,20H,4-5,8-10,12,14-18H2,1-3H3/t20-/m0/s1. The van der Waals surface area contributed by atoms with Crippen LogP contribution in [0.3, 0.4) is 0 Å². The van der Waals surface area contributed by atoms with Gasteiger partial charge >= 0.3 is 0 Å². The summed E-state index contributed by atoms with van der Waals surface area (Å²) in [5.41, 5.74) is 3.45. The molecule has 2 aliphatic rings. The van der Waals surface area contributed by atoms with Gasteiger partial charge in [-0.05, 0) is 65.1 Å². The predicted molar refractivity (Wildman–Crippen MR) is 127 cm³/mol. The fourth-order valence-corrected chi connectivity index (χ4v) is 5.01. The molecule has 7 heteroatoms. The molecular weight excluding hydrogens is 400 g/mol. The summed E-state index contributed by atoms with van der Waals surface area (Å²) in [5, 5.41) is 0. The van der Waals surface area contributed by atoms with Crippen LogP contribution in [0.1, 0.15) is 61.8 Å².